The summed E-state index contributed by atoms with van der Waals surface area (Å²) in [6.45, 7) is 7.87. The summed E-state index contributed by atoms with van der Waals surface area (Å²) in [4.78, 5) is 6.87. The van der Waals surface area contributed by atoms with E-state index in [-0.39, 0.29) is 0 Å². The highest BCUT2D eigenvalue weighted by Gasteiger charge is 2.19. The standard InChI is InChI=1S/C16H22N4/c1-3-19-9-11-20(12-10-19)18(2)15-6-7-16-14(13-15)5-4-8-17-16/h4-8,13H,3,9-12H2,1-2H3. The van der Waals surface area contributed by atoms with Gasteiger partial charge in [0.25, 0.3) is 0 Å². The summed E-state index contributed by atoms with van der Waals surface area (Å²) in [5.74, 6) is 0. The van der Waals surface area contributed by atoms with Crippen molar-refractivity contribution < 1.29 is 0 Å². The number of hydrogen-bond donors (Lipinski definition) is 0. The van der Waals surface area contributed by atoms with E-state index in [4.69, 9.17) is 0 Å². The molecule has 2 aromatic rings. The van der Waals surface area contributed by atoms with E-state index in [0.717, 1.165) is 38.2 Å². The lowest BCUT2D eigenvalue weighted by Crippen LogP contribution is -2.52. The van der Waals surface area contributed by atoms with Gasteiger partial charge in [-0.1, -0.05) is 13.0 Å². The van der Waals surface area contributed by atoms with Crippen LogP contribution in [0.25, 0.3) is 10.9 Å². The molecule has 0 aliphatic carbocycles. The van der Waals surface area contributed by atoms with E-state index in [1.807, 2.05) is 12.3 Å². The number of rotatable bonds is 3. The van der Waals surface area contributed by atoms with Crippen LogP contribution in [0.4, 0.5) is 5.69 Å². The minimum atomic E-state index is 1.06. The Morgan fingerprint density at radius 3 is 2.70 bits per heavy atom. The Morgan fingerprint density at radius 1 is 1.15 bits per heavy atom. The van der Waals surface area contributed by atoms with Crippen molar-refractivity contribution in [3.05, 3.63) is 36.5 Å². The molecular formula is C16H22N4. The molecule has 0 unspecified atom stereocenters. The van der Waals surface area contributed by atoms with Gasteiger partial charge in [-0.3, -0.25) is 4.98 Å². The Balaban J connectivity index is 1.77. The predicted molar refractivity (Wildman–Crippen MR) is 83.8 cm³/mol. The molecule has 0 spiro atoms. The molecule has 0 bridgehead atoms. The molecule has 1 aliphatic rings. The molecule has 1 aromatic carbocycles. The van der Waals surface area contributed by atoms with Crippen molar-refractivity contribution in [2.24, 2.45) is 0 Å². The van der Waals surface area contributed by atoms with E-state index < -0.39 is 0 Å². The molecule has 106 valence electrons. The maximum atomic E-state index is 4.38. The highest BCUT2D eigenvalue weighted by molar-refractivity contribution is 5.82. The van der Waals surface area contributed by atoms with Crippen molar-refractivity contribution in [2.75, 3.05) is 44.8 Å². The first-order valence-corrected chi connectivity index (χ1v) is 7.33. The van der Waals surface area contributed by atoms with Crippen molar-refractivity contribution in [1.29, 1.82) is 0 Å². The van der Waals surface area contributed by atoms with Crippen molar-refractivity contribution in [3.8, 4) is 0 Å². The maximum absolute atomic E-state index is 4.38. The van der Waals surface area contributed by atoms with Crippen LogP contribution < -0.4 is 5.01 Å². The zero-order valence-electron chi connectivity index (χ0n) is 12.3. The lowest BCUT2D eigenvalue weighted by molar-refractivity contribution is 0.132. The molecule has 1 aliphatic heterocycles. The molecule has 4 heteroatoms. The second kappa shape index (κ2) is 5.77. The average Bonchev–Trinajstić information content (AvgIpc) is 2.54. The van der Waals surface area contributed by atoms with Crippen LogP contribution in [0.1, 0.15) is 6.92 Å². The summed E-state index contributed by atoms with van der Waals surface area (Å²) in [5.41, 5.74) is 2.29. The summed E-state index contributed by atoms with van der Waals surface area (Å²) < 4.78 is 0. The predicted octanol–water partition coefficient (Wildman–Crippen LogP) is 2.22. The van der Waals surface area contributed by atoms with Gasteiger partial charge in [0, 0.05) is 44.8 Å². The van der Waals surface area contributed by atoms with E-state index in [9.17, 15) is 0 Å². The number of fused-ring (bicyclic) bond motifs is 1. The monoisotopic (exact) mass is 270 g/mol. The molecule has 0 atom stereocenters. The van der Waals surface area contributed by atoms with Gasteiger partial charge in [-0.15, -0.1) is 0 Å². The quantitative estimate of drug-likeness (QED) is 0.853. The first kappa shape index (κ1) is 13.3. The van der Waals surface area contributed by atoms with Gasteiger partial charge in [0.2, 0.25) is 0 Å². The number of anilines is 1. The number of pyridine rings is 1. The summed E-state index contributed by atoms with van der Waals surface area (Å²) in [6.07, 6.45) is 1.84. The van der Waals surface area contributed by atoms with Crippen LogP contribution in [-0.4, -0.2) is 54.7 Å². The van der Waals surface area contributed by atoms with E-state index in [0.29, 0.717) is 0 Å². The van der Waals surface area contributed by atoms with E-state index in [2.05, 4.69) is 58.1 Å². The Kier molecular flexibility index (Phi) is 3.85. The largest absolute Gasteiger partial charge is 0.309 e. The van der Waals surface area contributed by atoms with Crippen LogP contribution in [-0.2, 0) is 0 Å². The lowest BCUT2D eigenvalue weighted by atomic mass is 10.2. The molecule has 0 radical (unpaired) electrons. The smallest absolute Gasteiger partial charge is 0.0703 e. The van der Waals surface area contributed by atoms with Gasteiger partial charge in [-0.05, 0) is 30.8 Å². The van der Waals surface area contributed by atoms with Gasteiger partial charge in [-0.25, -0.2) is 5.01 Å². The number of benzene rings is 1. The molecule has 1 aromatic heterocycles. The average molecular weight is 270 g/mol. The topological polar surface area (TPSA) is 22.6 Å². The Hall–Kier alpha value is -1.65. The third-order valence-electron chi connectivity index (χ3n) is 4.18. The van der Waals surface area contributed by atoms with Gasteiger partial charge >= 0.3 is 0 Å². The van der Waals surface area contributed by atoms with Crippen molar-refractivity contribution in [2.45, 2.75) is 6.92 Å². The van der Waals surface area contributed by atoms with Crippen LogP contribution in [0.3, 0.4) is 0 Å². The number of hydrogen-bond acceptors (Lipinski definition) is 4. The van der Waals surface area contributed by atoms with Crippen LogP contribution in [0.2, 0.25) is 0 Å². The van der Waals surface area contributed by atoms with Gasteiger partial charge in [0.15, 0.2) is 0 Å². The fourth-order valence-electron chi connectivity index (χ4n) is 2.78. The molecule has 0 saturated carbocycles. The van der Waals surface area contributed by atoms with E-state index in [1.54, 1.807) is 0 Å². The number of piperazine rings is 1. The second-order valence-electron chi connectivity index (χ2n) is 5.29. The minimum absolute atomic E-state index is 1.06. The van der Waals surface area contributed by atoms with Crippen molar-refractivity contribution in [3.63, 3.8) is 0 Å². The molecule has 2 heterocycles. The summed E-state index contributed by atoms with van der Waals surface area (Å²) in [6, 6.07) is 10.6. The van der Waals surface area contributed by atoms with Crippen molar-refractivity contribution in [1.82, 2.24) is 14.9 Å². The van der Waals surface area contributed by atoms with Gasteiger partial charge in [0.05, 0.1) is 11.2 Å². The molecule has 0 N–H and O–H groups in total. The minimum Gasteiger partial charge on any atom is -0.309 e. The Bertz CT molecular complexity index is 575. The van der Waals surface area contributed by atoms with Crippen LogP contribution >= 0.6 is 0 Å². The van der Waals surface area contributed by atoms with Crippen LogP contribution in [0.15, 0.2) is 36.5 Å². The highest BCUT2D eigenvalue weighted by atomic mass is 15.6. The summed E-state index contributed by atoms with van der Waals surface area (Å²) in [7, 11) is 2.15. The number of nitrogens with zero attached hydrogens (tertiary/aromatic N) is 4. The zero-order valence-corrected chi connectivity index (χ0v) is 12.3. The van der Waals surface area contributed by atoms with Crippen LogP contribution in [0, 0.1) is 0 Å². The van der Waals surface area contributed by atoms with E-state index >= 15 is 0 Å². The van der Waals surface area contributed by atoms with Gasteiger partial charge in [-0.2, -0.15) is 0 Å². The molecule has 4 nitrogen and oxygen atoms in total. The van der Waals surface area contributed by atoms with Crippen molar-refractivity contribution >= 4 is 16.6 Å². The lowest BCUT2D eigenvalue weighted by Gasteiger charge is -2.40. The molecule has 0 amide bonds. The van der Waals surface area contributed by atoms with Crippen LogP contribution in [0.5, 0.6) is 0 Å². The molecular weight excluding hydrogens is 248 g/mol. The fourth-order valence-corrected chi connectivity index (χ4v) is 2.78. The molecule has 1 fully saturated rings. The molecule has 1 saturated heterocycles. The normalized spacial score (nSPS) is 17.5. The number of hydrazine groups is 1. The van der Waals surface area contributed by atoms with Gasteiger partial charge in [0.1, 0.15) is 0 Å². The zero-order chi connectivity index (χ0) is 13.9. The molecule has 20 heavy (non-hydrogen) atoms. The summed E-state index contributed by atoms with van der Waals surface area (Å²) >= 11 is 0. The number of aromatic nitrogens is 1. The highest BCUT2D eigenvalue weighted by Crippen LogP contribution is 2.21. The Morgan fingerprint density at radius 2 is 1.95 bits per heavy atom. The summed E-state index contributed by atoms with van der Waals surface area (Å²) in [5, 5.41) is 5.90. The van der Waals surface area contributed by atoms with Gasteiger partial charge < -0.3 is 9.91 Å². The fraction of sp³-hybridized carbons (Fsp3) is 0.438. The maximum Gasteiger partial charge on any atom is 0.0703 e. The second-order valence-corrected chi connectivity index (χ2v) is 5.29. The number of likely N-dealkylation sites (N-methyl/N-ethyl adjacent to an activating group) is 1. The SMILES string of the molecule is CCN1CCN(N(C)c2ccc3ncccc3c2)CC1. The first-order chi connectivity index (χ1) is 9.78. The third-order valence-corrected chi connectivity index (χ3v) is 4.18. The third kappa shape index (κ3) is 2.62. The molecule has 3 rings (SSSR count). The Labute approximate surface area is 120 Å². The first-order valence-electron chi connectivity index (χ1n) is 7.33. The van der Waals surface area contributed by atoms with E-state index in [1.165, 1.54) is 11.1 Å².